The van der Waals surface area contributed by atoms with Gasteiger partial charge in [0.1, 0.15) is 0 Å². The number of amides is 1. The minimum atomic E-state index is -0.192. The minimum absolute atomic E-state index is 0.192. The molecule has 1 aliphatic carbocycles. The predicted octanol–water partition coefficient (Wildman–Crippen LogP) is 2.51. The maximum atomic E-state index is 12.6. The molecule has 0 radical (unpaired) electrons. The van der Waals surface area contributed by atoms with Crippen molar-refractivity contribution in [3.8, 4) is 0 Å². The monoisotopic (exact) mass is 238 g/mol. The lowest BCUT2D eigenvalue weighted by Gasteiger charge is -2.27. The van der Waals surface area contributed by atoms with Crippen LogP contribution in [-0.4, -0.2) is 29.1 Å². The predicted molar refractivity (Wildman–Crippen MR) is 69.6 cm³/mol. The molecule has 1 heterocycles. The maximum absolute atomic E-state index is 12.6. The van der Waals surface area contributed by atoms with Gasteiger partial charge in [-0.3, -0.25) is 10.1 Å². The molecule has 0 bridgehead atoms. The Morgan fingerprint density at radius 1 is 1.41 bits per heavy atom. The van der Waals surface area contributed by atoms with Gasteiger partial charge >= 0.3 is 0 Å². The number of carbonyl (C=O) groups excluding carboxylic acids is 1. The molecule has 1 saturated carbocycles. The van der Waals surface area contributed by atoms with Crippen molar-refractivity contribution < 1.29 is 4.79 Å². The Kier molecular flexibility index (Phi) is 3.76. The smallest absolute Gasteiger partial charge is 0.244 e. The van der Waals surface area contributed by atoms with Crippen LogP contribution in [-0.2, 0) is 4.79 Å². The van der Waals surface area contributed by atoms with E-state index in [2.05, 4.69) is 31.0 Å². The van der Waals surface area contributed by atoms with Crippen LogP contribution in [0.5, 0.6) is 0 Å². The second-order valence-electron chi connectivity index (χ2n) is 5.97. The van der Waals surface area contributed by atoms with Gasteiger partial charge in [-0.15, -0.1) is 0 Å². The summed E-state index contributed by atoms with van der Waals surface area (Å²) in [7, 11) is 0. The molecule has 1 saturated heterocycles. The molecule has 3 nitrogen and oxygen atoms in total. The van der Waals surface area contributed by atoms with Crippen molar-refractivity contribution in [3.63, 3.8) is 0 Å². The summed E-state index contributed by atoms with van der Waals surface area (Å²) in [6.07, 6.45) is 7.01. The van der Waals surface area contributed by atoms with E-state index >= 15 is 0 Å². The second kappa shape index (κ2) is 4.97. The van der Waals surface area contributed by atoms with Gasteiger partial charge in [0.05, 0.1) is 11.7 Å². The Hall–Kier alpha value is -0.570. The Balaban J connectivity index is 2.13. The van der Waals surface area contributed by atoms with Crippen LogP contribution in [0.4, 0.5) is 0 Å². The number of rotatable bonds is 4. The van der Waals surface area contributed by atoms with E-state index in [0.29, 0.717) is 11.8 Å². The Morgan fingerprint density at radius 2 is 2.06 bits per heavy atom. The summed E-state index contributed by atoms with van der Waals surface area (Å²) >= 11 is 0. The molecule has 2 rings (SSSR count). The van der Waals surface area contributed by atoms with Crippen molar-refractivity contribution in [2.45, 2.75) is 71.0 Å². The fourth-order valence-electron chi connectivity index (χ4n) is 3.26. The van der Waals surface area contributed by atoms with Crippen LogP contribution in [0.3, 0.4) is 0 Å². The van der Waals surface area contributed by atoms with Crippen LogP contribution in [0.2, 0.25) is 0 Å². The lowest BCUT2D eigenvalue weighted by molar-refractivity contribution is -0.133. The zero-order valence-electron chi connectivity index (χ0n) is 11.5. The summed E-state index contributed by atoms with van der Waals surface area (Å²) in [6, 6.07) is 0. The van der Waals surface area contributed by atoms with Crippen LogP contribution in [0, 0.1) is 5.92 Å². The van der Waals surface area contributed by atoms with E-state index in [1.54, 1.807) is 0 Å². The van der Waals surface area contributed by atoms with Gasteiger partial charge in [0, 0.05) is 6.54 Å². The largest absolute Gasteiger partial charge is 0.325 e. The normalized spacial score (nSPS) is 27.6. The highest BCUT2D eigenvalue weighted by Crippen LogP contribution is 2.37. The van der Waals surface area contributed by atoms with E-state index in [-0.39, 0.29) is 11.7 Å². The van der Waals surface area contributed by atoms with E-state index in [9.17, 15) is 4.79 Å². The van der Waals surface area contributed by atoms with E-state index in [4.69, 9.17) is 0 Å². The third kappa shape index (κ3) is 2.22. The molecule has 1 atom stereocenters. The molecule has 1 unspecified atom stereocenters. The highest BCUT2D eigenvalue weighted by atomic mass is 16.2. The van der Waals surface area contributed by atoms with Crippen molar-refractivity contribution in [1.82, 2.24) is 10.2 Å². The lowest BCUT2D eigenvalue weighted by atomic mass is 9.98. The summed E-state index contributed by atoms with van der Waals surface area (Å²) in [5.41, 5.74) is -0.192. The van der Waals surface area contributed by atoms with Crippen molar-refractivity contribution in [2.24, 2.45) is 5.92 Å². The molecule has 17 heavy (non-hydrogen) atoms. The fourth-order valence-corrected chi connectivity index (χ4v) is 3.26. The Labute approximate surface area is 105 Å². The van der Waals surface area contributed by atoms with Gasteiger partial charge < -0.3 is 4.90 Å². The SMILES string of the molecule is CCCCN1C(=O)C2(CCCC2)NC1C(C)C. The summed E-state index contributed by atoms with van der Waals surface area (Å²) < 4.78 is 0. The highest BCUT2D eigenvalue weighted by molar-refractivity contribution is 5.89. The minimum Gasteiger partial charge on any atom is -0.325 e. The van der Waals surface area contributed by atoms with Crippen LogP contribution < -0.4 is 5.32 Å². The maximum Gasteiger partial charge on any atom is 0.244 e. The Bertz CT molecular complexity index is 282. The topological polar surface area (TPSA) is 32.3 Å². The standard InChI is InChI=1S/C14H26N2O/c1-4-5-10-16-12(11(2)3)15-14(13(16)17)8-6-7-9-14/h11-12,15H,4-10H2,1-3H3. The molecular formula is C14H26N2O. The first-order valence-corrected chi connectivity index (χ1v) is 7.19. The van der Waals surface area contributed by atoms with Gasteiger partial charge in [0.2, 0.25) is 5.91 Å². The molecule has 0 aromatic carbocycles. The zero-order valence-corrected chi connectivity index (χ0v) is 11.5. The number of hydrogen-bond donors (Lipinski definition) is 1. The Morgan fingerprint density at radius 3 is 2.59 bits per heavy atom. The van der Waals surface area contributed by atoms with Crippen molar-refractivity contribution in [3.05, 3.63) is 0 Å². The zero-order chi connectivity index (χ0) is 12.5. The molecule has 98 valence electrons. The third-order valence-corrected chi connectivity index (χ3v) is 4.27. The second-order valence-corrected chi connectivity index (χ2v) is 5.97. The molecule has 2 aliphatic rings. The van der Waals surface area contributed by atoms with Gasteiger partial charge in [-0.2, -0.15) is 0 Å². The van der Waals surface area contributed by atoms with E-state index < -0.39 is 0 Å². The summed E-state index contributed by atoms with van der Waals surface area (Å²) in [5.74, 6) is 0.873. The van der Waals surface area contributed by atoms with E-state index in [0.717, 1.165) is 32.2 Å². The van der Waals surface area contributed by atoms with Crippen molar-refractivity contribution >= 4 is 5.91 Å². The van der Waals surface area contributed by atoms with Crippen molar-refractivity contribution in [1.29, 1.82) is 0 Å². The van der Waals surface area contributed by atoms with Gasteiger partial charge in [-0.05, 0) is 25.2 Å². The van der Waals surface area contributed by atoms with E-state index in [1.165, 1.54) is 12.8 Å². The molecule has 0 aromatic rings. The molecule has 1 spiro atoms. The van der Waals surface area contributed by atoms with Crippen LogP contribution >= 0.6 is 0 Å². The molecule has 3 heteroatoms. The number of nitrogens with one attached hydrogen (secondary N) is 1. The van der Waals surface area contributed by atoms with Gasteiger partial charge in [0.25, 0.3) is 0 Å². The molecule has 1 aliphatic heterocycles. The number of nitrogens with zero attached hydrogens (tertiary/aromatic N) is 1. The molecule has 1 amide bonds. The van der Waals surface area contributed by atoms with Crippen molar-refractivity contribution in [2.75, 3.05) is 6.54 Å². The van der Waals surface area contributed by atoms with Gasteiger partial charge in [-0.1, -0.05) is 40.0 Å². The first kappa shape index (κ1) is 12.9. The summed E-state index contributed by atoms with van der Waals surface area (Å²) in [5, 5.41) is 3.65. The number of unbranched alkanes of at least 4 members (excludes halogenated alkanes) is 1. The third-order valence-electron chi connectivity index (χ3n) is 4.27. The first-order valence-electron chi connectivity index (χ1n) is 7.19. The van der Waals surface area contributed by atoms with Gasteiger partial charge in [-0.25, -0.2) is 0 Å². The number of hydrogen-bond acceptors (Lipinski definition) is 2. The highest BCUT2D eigenvalue weighted by Gasteiger charge is 2.52. The van der Waals surface area contributed by atoms with Crippen LogP contribution in [0.25, 0.3) is 0 Å². The average Bonchev–Trinajstić information content (AvgIpc) is 2.86. The molecular weight excluding hydrogens is 212 g/mol. The summed E-state index contributed by atoms with van der Waals surface area (Å²) in [4.78, 5) is 14.7. The average molecular weight is 238 g/mol. The van der Waals surface area contributed by atoms with E-state index in [1.807, 2.05) is 0 Å². The number of carbonyl (C=O) groups is 1. The van der Waals surface area contributed by atoms with Crippen LogP contribution in [0.15, 0.2) is 0 Å². The fraction of sp³-hybridized carbons (Fsp3) is 0.929. The molecule has 2 fully saturated rings. The lowest BCUT2D eigenvalue weighted by Crippen LogP contribution is -2.45. The first-order chi connectivity index (χ1) is 8.10. The summed E-state index contributed by atoms with van der Waals surface area (Å²) in [6.45, 7) is 7.52. The van der Waals surface area contributed by atoms with Crippen LogP contribution in [0.1, 0.15) is 59.3 Å². The van der Waals surface area contributed by atoms with Gasteiger partial charge in [0.15, 0.2) is 0 Å². The quantitative estimate of drug-likeness (QED) is 0.816. The molecule has 1 N–H and O–H groups in total. The molecule has 0 aromatic heterocycles.